The topological polar surface area (TPSA) is 77.0 Å². The van der Waals surface area contributed by atoms with Gasteiger partial charge in [-0.15, -0.1) is 11.8 Å². The molecule has 0 aliphatic carbocycles. The first-order valence-electron chi connectivity index (χ1n) is 14.4. The van der Waals surface area contributed by atoms with E-state index in [1.165, 1.54) is 11.0 Å². The zero-order valence-electron chi connectivity index (χ0n) is 24.2. The summed E-state index contributed by atoms with van der Waals surface area (Å²) in [5.74, 6) is 0.924. The fourth-order valence-corrected chi connectivity index (χ4v) is 6.15. The van der Waals surface area contributed by atoms with Gasteiger partial charge in [-0.2, -0.15) is 0 Å². The van der Waals surface area contributed by atoms with E-state index in [0.717, 1.165) is 39.1 Å². The van der Waals surface area contributed by atoms with E-state index in [-0.39, 0.29) is 31.3 Å². The Kier molecular flexibility index (Phi) is 10.7. The van der Waals surface area contributed by atoms with E-state index < -0.39 is 12.4 Å². The van der Waals surface area contributed by atoms with E-state index in [2.05, 4.69) is 73.4 Å². The number of benzene rings is 4. The molecule has 1 aliphatic heterocycles. The average Bonchev–Trinajstić information content (AvgIpc) is 3.06. The zero-order chi connectivity index (χ0) is 30.0. The molecule has 4 aromatic rings. The van der Waals surface area contributed by atoms with E-state index in [4.69, 9.17) is 14.2 Å². The van der Waals surface area contributed by atoms with Gasteiger partial charge in [-0.3, -0.25) is 0 Å². The van der Waals surface area contributed by atoms with Crippen molar-refractivity contribution >= 4 is 17.9 Å². The molecule has 0 unspecified atom stereocenters. The van der Waals surface area contributed by atoms with Gasteiger partial charge in [-0.05, 0) is 46.0 Å². The molecule has 1 amide bonds. The zero-order valence-corrected chi connectivity index (χ0v) is 25.0. The Morgan fingerprint density at radius 2 is 1.65 bits per heavy atom. The summed E-state index contributed by atoms with van der Waals surface area (Å²) in [7, 11) is 0. The number of amides is 1. The molecule has 4 aromatic carbocycles. The second-order valence-corrected chi connectivity index (χ2v) is 11.6. The Labute approximate surface area is 257 Å². The van der Waals surface area contributed by atoms with Gasteiger partial charge in [-0.25, -0.2) is 4.79 Å². The lowest BCUT2D eigenvalue weighted by molar-refractivity contribution is -0.268. The number of hydrogen-bond acceptors (Lipinski definition) is 6. The molecule has 0 spiro atoms. The van der Waals surface area contributed by atoms with Gasteiger partial charge in [0, 0.05) is 28.7 Å². The lowest BCUT2D eigenvalue weighted by Gasteiger charge is -2.41. The highest BCUT2D eigenvalue weighted by Gasteiger charge is 2.38. The van der Waals surface area contributed by atoms with Crippen LogP contribution in [0, 0.1) is 5.92 Å². The molecule has 0 radical (unpaired) electrons. The number of aliphatic hydroxyl groups is 1. The average molecular weight is 596 g/mol. The second-order valence-electron chi connectivity index (χ2n) is 10.5. The van der Waals surface area contributed by atoms with Crippen molar-refractivity contribution in [3.8, 4) is 11.1 Å². The molecule has 1 fully saturated rings. The van der Waals surface area contributed by atoms with Crippen LogP contribution in [0.25, 0.3) is 11.1 Å². The molecular weight excluding hydrogens is 558 g/mol. The molecule has 0 aromatic heterocycles. The van der Waals surface area contributed by atoms with Gasteiger partial charge in [0.15, 0.2) is 6.29 Å². The first kappa shape index (κ1) is 30.6. The highest BCUT2D eigenvalue weighted by Crippen LogP contribution is 2.43. The molecule has 6 nitrogen and oxygen atoms in total. The summed E-state index contributed by atoms with van der Waals surface area (Å²) in [6, 6.07) is 34.7. The number of carbonyl (C=O) groups is 1. The number of nitrogens with one attached hydrogen (secondary N) is 1. The molecule has 0 saturated carbocycles. The summed E-state index contributed by atoms with van der Waals surface area (Å²) in [5.41, 5.74) is 5.96. The molecule has 222 valence electrons. The van der Waals surface area contributed by atoms with Crippen LogP contribution in [0.2, 0.25) is 0 Å². The van der Waals surface area contributed by atoms with Gasteiger partial charge in [0.1, 0.15) is 6.61 Å². The number of hydrogen-bond donors (Lipinski definition) is 2. The predicted octanol–water partition coefficient (Wildman–Crippen LogP) is 7.84. The standard InChI is InChI=1S/C36H37NO5S/c1-3-20-40-36(39)37-22-27-8-7-9-31(21-27)28-16-18-30(19-17-28)35-41-33(24-43-32-10-5-4-6-11-32)25(2)34(42-35)29-14-12-26(23-38)13-15-29/h3-19,21,25,33-35,38H,1,20,22-24H2,2H3,(H,37,39)/t25-,33+,34+,35+/m1/s1. The van der Waals surface area contributed by atoms with E-state index in [1.807, 2.05) is 48.5 Å². The van der Waals surface area contributed by atoms with Crippen LogP contribution in [-0.2, 0) is 27.4 Å². The number of carbonyl (C=O) groups excluding carboxylic acids is 1. The largest absolute Gasteiger partial charge is 0.445 e. The number of thioether (sulfide) groups is 1. The Bertz CT molecular complexity index is 1480. The van der Waals surface area contributed by atoms with Crippen molar-refractivity contribution in [2.75, 3.05) is 12.4 Å². The maximum Gasteiger partial charge on any atom is 0.407 e. The van der Waals surface area contributed by atoms with E-state index in [0.29, 0.717) is 6.54 Å². The summed E-state index contributed by atoms with van der Waals surface area (Å²) in [5, 5.41) is 12.3. The molecule has 0 bridgehead atoms. The van der Waals surface area contributed by atoms with Crippen LogP contribution >= 0.6 is 11.8 Å². The Morgan fingerprint density at radius 1 is 0.907 bits per heavy atom. The Hall–Kier alpha value is -3.88. The molecule has 43 heavy (non-hydrogen) atoms. The second kappa shape index (κ2) is 15.0. The maximum atomic E-state index is 11.8. The molecule has 2 N–H and O–H groups in total. The van der Waals surface area contributed by atoms with Gasteiger partial charge in [0.05, 0.1) is 18.8 Å². The molecule has 1 aliphatic rings. The number of ether oxygens (including phenoxy) is 3. The van der Waals surface area contributed by atoms with Crippen molar-refractivity contribution < 1.29 is 24.1 Å². The number of alkyl carbamates (subject to hydrolysis) is 1. The minimum Gasteiger partial charge on any atom is -0.445 e. The van der Waals surface area contributed by atoms with Gasteiger partial charge in [-0.1, -0.05) is 105 Å². The summed E-state index contributed by atoms with van der Waals surface area (Å²) in [6.07, 6.45) is 0.349. The van der Waals surface area contributed by atoms with Crippen LogP contribution in [0.4, 0.5) is 4.79 Å². The molecule has 5 rings (SSSR count). The SMILES string of the molecule is C=CCOC(=O)NCc1cccc(-c2ccc([C@H]3O[C@@H](CSc4ccccc4)[C@@H](C)[C@@H](c4ccc(CO)cc4)O3)cc2)c1. The monoisotopic (exact) mass is 595 g/mol. The summed E-state index contributed by atoms with van der Waals surface area (Å²) >= 11 is 1.79. The minimum atomic E-state index is -0.522. The lowest BCUT2D eigenvalue weighted by Crippen LogP contribution is -2.38. The smallest absolute Gasteiger partial charge is 0.407 e. The quantitative estimate of drug-likeness (QED) is 0.136. The van der Waals surface area contributed by atoms with Crippen molar-refractivity contribution in [3.63, 3.8) is 0 Å². The molecule has 1 heterocycles. The van der Waals surface area contributed by atoms with E-state index in [9.17, 15) is 9.90 Å². The van der Waals surface area contributed by atoms with Gasteiger partial charge >= 0.3 is 6.09 Å². The predicted molar refractivity (Wildman–Crippen MR) is 170 cm³/mol. The van der Waals surface area contributed by atoms with Crippen molar-refractivity contribution in [1.29, 1.82) is 0 Å². The maximum absolute atomic E-state index is 11.8. The highest BCUT2D eigenvalue weighted by molar-refractivity contribution is 7.99. The van der Waals surface area contributed by atoms with Crippen LogP contribution in [0.15, 0.2) is 121 Å². The first-order valence-corrected chi connectivity index (χ1v) is 15.4. The summed E-state index contributed by atoms with van der Waals surface area (Å²) < 4.78 is 18.2. The first-order chi connectivity index (χ1) is 21.0. The van der Waals surface area contributed by atoms with Gasteiger partial charge in [0.2, 0.25) is 0 Å². The van der Waals surface area contributed by atoms with Crippen LogP contribution in [0.1, 0.15) is 41.6 Å². The summed E-state index contributed by atoms with van der Waals surface area (Å²) in [6.45, 7) is 6.29. The number of aliphatic hydroxyl groups excluding tert-OH is 1. The van der Waals surface area contributed by atoms with Crippen LogP contribution in [-0.4, -0.2) is 29.7 Å². The van der Waals surface area contributed by atoms with Crippen molar-refractivity contribution in [1.82, 2.24) is 5.32 Å². The Morgan fingerprint density at radius 3 is 2.37 bits per heavy atom. The summed E-state index contributed by atoms with van der Waals surface area (Å²) in [4.78, 5) is 13.0. The third-order valence-corrected chi connectivity index (χ3v) is 8.59. The van der Waals surface area contributed by atoms with Crippen molar-refractivity contribution in [2.24, 2.45) is 5.92 Å². The van der Waals surface area contributed by atoms with Crippen molar-refractivity contribution in [2.45, 2.75) is 43.5 Å². The third kappa shape index (κ3) is 8.15. The Balaban J connectivity index is 1.32. The van der Waals surface area contributed by atoms with Crippen molar-refractivity contribution in [3.05, 3.63) is 138 Å². The van der Waals surface area contributed by atoms with Crippen LogP contribution < -0.4 is 5.32 Å². The third-order valence-electron chi connectivity index (χ3n) is 7.49. The highest BCUT2D eigenvalue weighted by atomic mass is 32.2. The molecular formula is C36H37NO5S. The van der Waals surface area contributed by atoms with Gasteiger partial charge < -0.3 is 24.6 Å². The molecule has 7 heteroatoms. The van der Waals surface area contributed by atoms with Gasteiger partial charge in [0.25, 0.3) is 0 Å². The fourth-order valence-electron chi connectivity index (χ4n) is 5.06. The van der Waals surface area contributed by atoms with Crippen LogP contribution in [0.3, 0.4) is 0 Å². The fraction of sp³-hybridized carbons (Fsp3) is 0.250. The molecule has 1 saturated heterocycles. The molecule has 4 atom stereocenters. The van der Waals surface area contributed by atoms with Crippen LogP contribution in [0.5, 0.6) is 0 Å². The van der Waals surface area contributed by atoms with E-state index in [1.54, 1.807) is 11.8 Å². The normalized spacial score (nSPS) is 19.9. The minimum absolute atomic E-state index is 0.0114. The van der Waals surface area contributed by atoms with E-state index >= 15 is 0 Å². The number of rotatable bonds is 11. The lowest BCUT2D eigenvalue weighted by atomic mass is 9.91.